The van der Waals surface area contributed by atoms with Crippen LogP contribution in [-0.2, 0) is 5.75 Å². The summed E-state index contributed by atoms with van der Waals surface area (Å²) >= 11 is 1.64. The van der Waals surface area contributed by atoms with Gasteiger partial charge in [-0.1, -0.05) is 36.0 Å². The number of rotatable bonds is 4. The lowest BCUT2D eigenvalue weighted by atomic mass is 10.2. The fraction of sp³-hybridized carbons (Fsp3) is 0.167. The molecule has 0 saturated carbocycles. The molecule has 114 valence electrons. The maximum atomic E-state index is 8.85. The fourth-order valence-electron chi connectivity index (χ4n) is 2.32. The zero-order valence-corrected chi connectivity index (χ0v) is 13.8. The van der Waals surface area contributed by atoms with E-state index in [4.69, 9.17) is 5.26 Å². The monoisotopic (exact) mass is 320 g/mol. The van der Waals surface area contributed by atoms with E-state index in [1.807, 2.05) is 37.3 Å². The third-order valence-corrected chi connectivity index (χ3v) is 4.51. The molecule has 0 aliphatic heterocycles. The SMILES string of the molecule is Cc1cccc(-n2c(C)nnc2SCc2ccc(C#N)cc2)c1. The van der Waals surface area contributed by atoms with Crippen LogP contribution in [0.4, 0.5) is 0 Å². The zero-order valence-electron chi connectivity index (χ0n) is 13.0. The Labute approximate surface area is 139 Å². The molecule has 0 unspecified atom stereocenters. The number of hydrogen-bond acceptors (Lipinski definition) is 4. The standard InChI is InChI=1S/C18H16N4S/c1-13-4-3-5-17(10-13)22-14(2)20-21-18(22)23-12-16-8-6-15(11-19)7-9-16/h3-10H,12H2,1-2H3. The molecule has 0 radical (unpaired) electrons. The fourth-order valence-corrected chi connectivity index (χ4v) is 3.28. The Hall–Kier alpha value is -2.58. The first-order valence-electron chi connectivity index (χ1n) is 7.28. The van der Waals surface area contributed by atoms with Gasteiger partial charge >= 0.3 is 0 Å². The van der Waals surface area contributed by atoms with E-state index >= 15 is 0 Å². The van der Waals surface area contributed by atoms with Crippen LogP contribution in [-0.4, -0.2) is 14.8 Å². The van der Waals surface area contributed by atoms with Gasteiger partial charge in [0.15, 0.2) is 5.16 Å². The molecular weight excluding hydrogens is 304 g/mol. The predicted octanol–water partition coefficient (Wildman–Crippen LogP) is 4.05. The van der Waals surface area contributed by atoms with E-state index in [2.05, 4.69) is 46.0 Å². The minimum absolute atomic E-state index is 0.678. The van der Waals surface area contributed by atoms with Crippen molar-refractivity contribution in [3.8, 4) is 11.8 Å². The molecule has 0 aliphatic carbocycles. The molecule has 3 aromatic rings. The first-order chi connectivity index (χ1) is 11.2. The summed E-state index contributed by atoms with van der Waals surface area (Å²) in [6, 6.07) is 18.1. The average molecular weight is 320 g/mol. The third kappa shape index (κ3) is 3.43. The van der Waals surface area contributed by atoms with Gasteiger partial charge < -0.3 is 0 Å². The lowest BCUT2D eigenvalue weighted by molar-refractivity contribution is 0.867. The Bertz CT molecular complexity index is 859. The smallest absolute Gasteiger partial charge is 0.196 e. The lowest BCUT2D eigenvalue weighted by Crippen LogP contribution is -1.99. The number of benzene rings is 2. The first kappa shape index (κ1) is 15.3. The van der Waals surface area contributed by atoms with E-state index in [-0.39, 0.29) is 0 Å². The van der Waals surface area contributed by atoms with E-state index in [0.717, 1.165) is 28.0 Å². The average Bonchev–Trinajstić information content (AvgIpc) is 2.94. The summed E-state index contributed by atoms with van der Waals surface area (Å²) in [6.07, 6.45) is 0. The molecule has 0 spiro atoms. The van der Waals surface area contributed by atoms with E-state index in [0.29, 0.717) is 5.56 Å². The molecule has 1 aromatic heterocycles. The van der Waals surface area contributed by atoms with Crippen LogP contribution >= 0.6 is 11.8 Å². The van der Waals surface area contributed by atoms with Crippen molar-refractivity contribution in [2.24, 2.45) is 0 Å². The van der Waals surface area contributed by atoms with Crippen LogP contribution < -0.4 is 0 Å². The summed E-state index contributed by atoms with van der Waals surface area (Å²) in [5, 5.41) is 18.2. The van der Waals surface area contributed by atoms with Gasteiger partial charge in [-0.2, -0.15) is 5.26 Å². The minimum Gasteiger partial charge on any atom is -0.274 e. The van der Waals surface area contributed by atoms with Gasteiger partial charge in [0.2, 0.25) is 0 Å². The second-order valence-corrected chi connectivity index (χ2v) is 6.24. The van der Waals surface area contributed by atoms with Gasteiger partial charge in [0.25, 0.3) is 0 Å². The van der Waals surface area contributed by atoms with Gasteiger partial charge in [0.1, 0.15) is 5.82 Å². The Kier molecular flexibility index (Phi) is 4.45. The van der Waals surface area contributed by atoms with Crippen LogP contribution in [0.3, 0.4) is 0 Å². The van der Waals surface area contributed by atoms with Crippen molar-refractivity contribution < 1.29 is 0 Å². The topological polar surface area (TPSA) is 54.5 Å². The Morgan fingerprint density at radius 2 is 1.87 bits per heavy atom. The largest absolute Gasteiger partial charge is 0.274 e. The highest BCUT2D eigenvalue weighted by molar-refractivity contribution is 7.98. The maximum Gasteiger partial charge on any atom is 0.196 e. The second kappa shape index (κ2) is 6.67. The number of nitriles is 1. The van der Waals surface area contributed by atoms with Gasteiger partial charge in [-0.05, 0) is 49.2 Å². The quantitative estimate of drug-likeness (QED) is 0.681. The predicted molar refractivity (Wildman–Crippen MR) is 91.6 cm³/mol. The van der Waals surface area contributed by atoms with Crippen molar-refractivity contribution in [2.45, 2.75) is 24.8 Å². The second-order valence-electron chi connectivity index (χ2n) is 5.30. The normalized spacial score (nSPS) is 10.5. The van der Waals surface area contributed by atoms with Crippen molar-refractivity contribution in [2.75, 3.05) is 0 Å². The van der Waals surface area contributed by atoms with Crippen LogP contribution in [0.25, 0.3) is 5.69 Å². The first-order valence-corrected chi connectivity index (χ1v) is 8.27. The van der Waals surface area contributed by atoms with Crippen molar-refractivity contribution in [3.63, 3.8) is 0 Å². The Morgan fingerprint density at radius 3 is 2.57 bits per heavy atom. The van der Waals surface area contributed by atoms with Crippen molar-refractivity contribution >= 4 is 11.8 Å². The number of aromatic nitrogens is 3. The van der Waals surface area contributed by atoms with Crippen LogP contribution in [0.5, 0.6) is 0 Å². The van der Waals surface area contributed by atoms with Crippen LogP contribution in [0.2, 0.25) is 0 Å². The van der Waals surface area contributed by atoms with Crippen molar-refractivity contribution in [1.29, 1.82) is 5.26 Å². The van der Waals surface area contributed by atoms with Crippen molar-refractivity contribution in [1.82, 2.24) is 14.8 Å². The molecule has 0 N–H and O–H groups in total. The molecule has 1 heterocycles. The van der Waals surface area contributed by atoms with Gasteiger partial charge in [-0.3, -0.25) is 4.57 Å². The maximum absolute atomic E-state index is 8.85. The molecular formula is C18H16N4S. The molecule has 0 aliphatic rings. The summed E-state index contributed by atoms with van der Waals surface area (Å²) in [5.41, 5.74) is 4.12. The highest BCUT2D eigenvalue weighted by atomic mass is 32.2. The lowest BCUT2D eigenvalue weighted by Gasteiger charge is -2.09. The van der Waals surface area contributed by atoms with Gasteiger partial charge in [-0.15, -0.1) is 10.2 Å². The third-order valence-electron chi connectivity index (χ3n) is 3.51. The van der Waals surface area contributed by atoms with E-state index in [9.17, 15) is 0 Å². The molecule has 0 bridgehead atoms. The highest BCUT2D eigenvalue weighted by Crippen LogP contribution is 2.25. The summed E-state index contributed by atoms with van der Waals surface area (Å²) in [5.74, 6) is 1.66. The van der Waals surface area contributed by atoms with Crippen LogP contribution in [0.1, 0.15) is 22.5 Å². The van der Waals surface area contributed by atoms with Gasteiger partial charge in [0.05, 0.1) is 11.6 Å². The Morgan fingerprint density at radius 1 is 1.09 bits per heavy atom. The van der Waals surface area contributed by atoms with Gasteiger partial charge in [0, 0.05) is 11.4 Å². The number of hydrogen-bond donors (Lipinski definition) is 0. The minimum atomic E-state index is 0.678. The molecule has 0 atom stereocenters. The molecule has 5 heteroatoms. The molecule has 0 amide bonds. The molecule has 4 nitrogen and oxygen atoms in total. The number of aryl methyl sites for hydroxylation is 2. The molecule has 3 rings (SSSR count). The molecule has 2 aromatic carbocycles. The van der Waals surface area contributed by atoms with Gasteiger partial charge in [-0.25, -0.2) is 0 Å². The molecule has 0 saturated heterocycles. The summed E-state index contributed by atoms with van der Waals surface area (Å²) in [7, 11) is 0. The molecule has 0 fully saturated rings. The molecule has 23 heavy (non-hydrogen) atoms. The van der Waals surface area contributed by atoms with Crippen LogP contribution in [0, 0.1) is 25.2 Å². The van der Waals surface area contributed by atoms with Crippen molar-refractivity contribution in [3.05, 3.63) is 71.0 Å². The number of nitrogens with zero attached hydrogens (tertiary/aromatic N) is 4. The number of thioether (sulfide) groups is 1. The zero-order chi connectivity index (χ0) is 16.2. The summed E-state index contributed by atoms with van der Waals surface area (Å²) in [4.78, 5) is 0. The Balaban J connectivity index is 1.82. The summed E-state index contributed by atoms with van der Waals surface area (Å²) < 4.78 is 2.07. The van der Waals surface area contributed by atoms with E-state index < -0.39 is 0 Å². The summed E-state index contributed by atoms with van der Waals surface area (Å²) in [6.45, 7) is 4.04. The van der Waals surface area contributed by atoms with E-state index in [1.54, 1.807) is 11.8 Å². The van der Waals surface area contributed by atoms with E-state index in [1.165, 1.54) is 5.56 Å². The highest BCUT2D eigenvalue weighted by Gasteiger charge is 2.11. The van der Waals surface area contributed by atoms with Crippen LogP contribution in [0.15, 0.2) is 53.7 Å².